The van der Waals surface area contributed by atoms with Crippen LogP contribution in [0.5, 0.6) is 0 Å². The second kappa shape index (κ2) is 9.52. The number of piperidine rings is 1. The molecule has 0 aromatic heterocycles. The highest BCUT2D eigenvalue weighted by atomic mass is 16.2. The second-order valence-corrected chi connectivity index (χ2v) is 8.18. The molecular weight excluding hydrogens is 352 g/mol. The molecule has 1 aromatic rings. The van der Waals surface area contributed by atoms with Gasteiger partial charge in [-0.1, -0.05) is 36.8 Å². The van der Waals surface area contributed by atoms with Crippen molar-refractivity contribution in [2.45, 2.75) is 39.2 Å². The maximum absolute atomic E-state index is 12.7. The molecule has 6 nitrogen and oxygen atoms in total. The van der Waals surface area contributed by atoms with E-state index in [1.807, 2.05) is 41.0 Å². The number of benzene rings is 1. The average Bonchev–Trinajstić information content (AvgIpc) is 2.74. The van der Waals surface area contributed by atoms with E-state index in [9.17, 15) is 9.59 Å². The molecule has 0 saturated carbocycles. The summed E-state index contributed by atoms with van der Waals surface area (Å²) in [5.41, 5.74) is 8.22. The van der Waals surface area contributed by atoms with E-state index in [1.165, 1.54) is 0 Å². The van der Waals surface area contributed by atoms with Crippen LogP contribution in [0.15, 0.2) is 24.3 Å². The number of hydrogen-bond acceptors (Lipinski definition) is 4. The van der Waals surface area contributed by atoms with Crippen LogP contribution in [0.25, 0.3) is 0 Å². The maximum Gasteiger partial charge on any atom is 0.244 e. The summed E-state index contributed by atoms with van der Waals surface area (Å²) >= 11 is 0. The lowest BCUT2D eigenvalue weighted by Gasteiger charge is -2.36. The summed E-state index contributed by atoms with van der Waals surface area (Å²) in [4.78, 5) is 31.6. The van der Waals surface area contributed by atoms with Gasteiger partial charge < -0.3 is 20.4 Å². The van der Waals surface area contributed by atoms with Gasteiger partial charge in [0, 0.05) is 45.7 Å². The molecular formula is C22H34N4O2. The largest absolute Gasteiger partial charge is 0.341 e. The standard InChI is InChI=1S/C22H34N4O2/c1-3-24-12-14-25(15-13-24)20(27)16-18-8-10-26(11-9-18)22(28)21(23)19-6-4-17(2)5-7-19/h4-7,18,21H,3,8-16,23H2,1-2H3. The molecule has 3 rings (SSSR count). The van der Waals surface area contributed by atoms with Crippen LogP contribution in [-0.2, 0) is 9.59 Å². The van der Waals surface area contributed by atoms with Crippen molar-refractivity contribution in [3.05, 3.63) is 35.4 Å². The maximum atomic E-state index is 12.7. The molecule has 154 valence electrons. The third kappa shape index (κ3) is 5.11. The molecule has 0 bridgehead atoms. The summed E-state index contributed by atoms with van der Waals surface area (Å²) in [5.74, 6) is 0.637. The van der Waals surface area contributed by atoms with Gasteiger partial charge in [-0.2, -0.15) is 0 Å². The van der Waals surface area contributed by atoms with Gasteiger partial charge in [0.25, 0.3) is 0 Å². The van der Waals surface area contributed by atoms with E-state index in [4.69, 9.17) is 5.73 Å². The molecule has 2 amide bonds. The predicted molar refractivity (Wildman–Crippen MR) is 111 cm³/mol. The van der Waals surface area contributed by atoms with Gasteiger partial charge in [-0.25, -0.2) is 0 Å². The SMILES string of the molecule is CCN1CCN(C(=O)CC2CCN(C(=O)C(N)c3ccc(C)cc3)CC2)CC1. The van der Waals surface area contributed by atoms with Crippen LogP contribution in [0.2, 0.25) is 0 Å². The smallest absolute Gasteiger partial charge is 0.244 e. The highest BCUT2D eigenvalue weighted by Gasteiger charge is 2.29. The lowest BCUT2D eigenvalue weighted by molar-refractivity contribution is -0.135. The fourth-order valence-electron chi connectivity index (χ4n) is 4.16. The quantitative estimate of drug-likeness (QED) is 0.838. The fourth-order valence-corrected chi connectivity index (χ4v) is 4.16. The van der Waals surface area contributed by atoms with E-state index in [-0.39, 0.29) is 11.8 Å². The zero-order chi connectivity index (χ0) is 20.1. The third-order valence-corrected chi connectivity index (χ3v) is 6.26. The molecule has 0 radical (unpaired) electrons. The van der Waals surface area contributed by atoms with Gasteiger partial charge in [0.1, 0.15) is 6.04 Å². The van der Waals surface area contributed by atoms with Crippen LogP contribution < -0.4 is 5.73 Å². The van der Waals surface area contributed by atoms with Gasteiger partial charge in [0.2, 0.25) is 11.8 Å². The van der Waals surface area contributed by atoms with Crippen molar-refractivity contribution < 1.29 is 9.59 Å². The van der Waals surface area contributed by atoms with Crippen LogP contribution in [0, 0.1) is 12.8 Å². The Kier molecular flexibility index (Phi) is 7.08. The Balaban J connectivity index is 1.44. The van der Waals surface area contributed by atoms with Gasteiger partial charge >= 0.3 is 0 Å². The minimum absolute atomic E-state index is 0.00989. The highest BCUT2D eigenvalue weighted by molar-refractivity contribution is 5.83. The molecule has 1 aromatic carbocycles. The number of likely N-dealkylation sites (tertiary alicyclic amines) is 1. The van der Waals surface area contributed by atoms with E-state index in [0.717, 1.165) is 56.7 Å². The molecule has 0 aliphatic carbocycles. The van der Waals surface area contributed by atoms with Crippen LogP contribution in [0.3, 0.4) is 0 Å². The molecule has 2 fully saturated rings. The van der Waals surface area contributed by atoms with Gasteiger partial charge in [0.05, 0.1) is 0 Å². The first-order chi connectivity index (χ1) is 13.5. The first-order valence-electron chi connectivity index (χ1n) is 10.6. The molecule has 28 heavy (non-hydrogen) atoms. The molecule has 2 aliphatic rings. The molecule has 2 saturated heterocycles. The summed E-state index contributed by atoms with van der Waals surface area (Å²) in [7, 11) is 0. The van der Waals surface area contributed by atoms with Crippen molar-refractivity contribution in [2.75, 3.05) is 45.8 Å². The van der Waals surface area contributed by atoms with Gasteiger partial charge in [0.15, 0.2) is 0 Å². The molecule has 2 N–H and O–H groups in total. The number of carbonyl (C=O) groups is 2. The number of aryl methyl sites for hydroxylation is 1. The Morgan fingerprint density at radius 1 is 1.00 bits per heavy atom. The lowest BCUT2D eigenvalue weighted by atomic mass is 9.92. The number of amides is 2. The molecule has 0 spiro atoms. The average molecular weight is 387 g/mol. The number of rotatable bonds is 5. The Labute approximate surface area is 168 Å². The van der Waals surface area contributed by atoms with E-state index >= 15 is 0 Å². The van der Waals surface area contributed by atoms with Crippen LogP contribution in [-0.4, -0.2) is 72.3 Å². The number of nitrogens with two attached hydrogens (primary N) is 1. The van der Waals surface area contributed by atoms with Gasteiger partial charge in [-0.3, -0.25) is 9.59 Å². The number of carbonyl (C=O) groups excluding carboxylic acids is 2. The Morgan fingerprint density at radius 2 is 1.61 bits per heavy atom. The zero-order valence-corrected chi connectivity index (χ0v) is 17.3. The molecule has 1 unspecified atom stereocenters. The Hall–Kier alpha value is -1.92. The number of piperazine rings is 1. The first-order valence-corrected chi connectivity index (χ1v) is 10.6. The normalized spacial score (nSPS) is 20.2. The topological polar surface area (TPSA) is 69.9 Å². The van der Waals surface area contributed by atoms with Gasteiger partial charge in [-0.05, 0) is 37.8 Å². The molecule has 6 heteroatoms. The second-order valence-electron chi connectivity index (χ2n) is 8.18. The summed E-state index contributed by atoms with van der Waals surface area (Å²) in [5, 5.41) is 0. The molecule has 2 heterocycles. The van der Waals surface area contributed by atoms with Crippen molar-refractivity contribution in [1.29, 1.82) is 0 Å². The van der Waals surface area contributed by atoms with Gasteiger partial charge in [-0.15, -0.1) is 0 Å². The minimum atomic E-state index is -0.603. The van der Waals surface area contributed by atoms with Crippen LogP contribution >= 0.6 is 0 Å². The highest BCUT2D eigenvalue weighted by Crippen LogP contribution is 2.24. The zero-order valence-electron chi connectivity index (χ0n) is 17.3. The number of nitrogens with zero attached hydrogens (tertiary/aromatic N) is 3. The lowest BCUT2D eigenvalue weighted by Crippen LogP contribution is -2.49. The van der Waals surface area contributed by atoms with E-state index in [1.54, 1.807) is 0 Å². The van der Waals surface area contributed by atoms with Crippen LogP contribution in [0.4, 0.5) is 0 Å². The molecule has 1 atom stereocenters. The summed E-state index contributed by atoms with van der Waals surface area (Å²) < 4.78 is 0. The van der Waals surface area contributed by atoms with Crippen molar-refractivity contribution in [3.63, 3.8) is 0 Å². The summed E-state index contributed by atoms with van der Waals surface area (Å²) in [6.45, 7) is 10.3. The number of hydrogen-bond donors (Lipinski definition) is 1. The summed E-state index contributed by atoms with van der Waals surface area (Å²) in [6.07, 6.45) is 2.37. The summed E-state index contributed by atoms with van der Waals surface area (Å²) in [6, 6.07) is 7.23. The Bertz CT molecular complexity index is 660. The first kappa shape index (κ1) is 20.8. The van der Waals surface area contributed by atoms with E-state index in [0.29, 0.717) is 25.4 Å². The monoisotopic (exact) mass is 386 g/mol. The van der Waals surface area contributed by atoms with Crippen LogP contribution in [0.1, 0.15) is 43.4 Å². The van der Waals surface area contributed by atoms with Crippen molar-refractivity contribution in [1.82, 2.24) is 14.7 Å². The molecule has 2 aliphatic heterocycles. The van der Waals surface area contributed by atoms with Crippen molar-refractivity contribution >= 4 is 11.8 Å². The minimum Gasteiger partial charge on any atom is -0.341 e. The van der Waals surface area contributed by atoms with E-state index < -0.39 is 6.04 Å². The Morgan fingerprint density at radius 3 is 2.18 bits per heavy atom. The van der Waals surface area contributed by atoms with E-state index in [2.05, 4.69) is 11.8 Å². The third-order valence-electron chi connectivity index (χ3n) is 6.26. The number of likely N-dealkylation sites (N-methyl/N-ethyl adjacent to an activating group) is 1. The predicted octanol–water partition coefficient (Wildman–Crippen LogP) is 1.79. The van der Waals surface area contributed by atoms with Crippen molar-refractivity contribution in [3.8, 4) is 0 Å². The van der Waals surface area contributed by atoms with Crippen molar-refractivity contribution in [2.24, 2.45) is 11.7 Å². The fraction of sp³-hybridized carbons (Fsp3) is 0.636.